The molecule has 2 nitrogen and oxygen atoms in total. The van der Waals surface area contributed by atoms with E-state index in [1.54, 1.807) is 0 Å². The highest BCUT2D eigenvalue weighted by molar-refractivity contribution is 8.03. The van der Waals surface area contributed by atoms with Gasteiger partial charge >= 0.3 is 0 Å². The van der Waals surface area contributed by atoms with Crippen LogP contribution in [0.25, 0.3) is 16.3 Å². The third kappa shape index (κ3) is 4.02. The number of nitrogens with zero attached hydrogens (tertiary/aromatic N) is 2. The Morgan fingerprint density at radius 3 is 2.47 bits per heavy atom. The molecule has 1 aromatic heterocycles. The number of thiazole rings is 1. The predicted octanol–water partition coefficient (Wildman–Crippen LogP) is 7.70. The van der Waals surface area contributed by atoms with Gasteiger partial charge in [-0.05, 0) is 59.7 Å². The van der Waals surface area contributed by atoms with E-state index >= 15 is 0 Å². The molecule has 2 aliphatic rings. The second kappa shape index (κ2) is 8.94. The number of rotatable bonds is 3. The van der Waals surface area contributed by atoms with E-state index in [1.165, 1.54) is 47.5 Å². The van der Waals surface area contributed by atoms with Crippen molar-refractivity contribution in [2.24, 2.45) is 7.05 Å². The topological polar surface area (TPSA) is 7.12 Å². The van der Waals surface area contributed by atoms with E-state index in [0.29, 0.717) is 5.92 Å². The fourth-order valence-corrected chi connectivity index (χ4v) is 7.22. The van der Waals surface area contributed by atoms with Gasteiger partial charge in [0.05, 0.1) is 10.7 Å². The number of aromatic nitrogens is 1. The molecule has 0 spiro atoms. The first-order valence-electron chi connectivity index (χ1n) is 11.7. The molecule has 6 rings (SSSR count). The van der Waals surface area contributed by atoms with Gasteiger partial charge in [0.2, 0.25) is 5.52 Å². The van der Waals surface area contributed by atoms with Gasteiger partial charge < -0.3 is 4.90 Å². The fourth-order valence-electron chi connectivity index (χ4n) is 4.97. The molecule has 3 aromatic carbocycles. The summed E-state index contributed by atoms with van der Waals surface area (Å²) in [6, 6.07) is 28.3. The predicted molar refractivity (Wildman–Crippen MR) is 146 cm³/mol. The summed E-state index contributed by atoms with van der Waals surface area (Å²) in [7, 11) is 4.35. The molecule has 4 heteroatoms. The molecule has 0 amide bonds. The Morgan fingerprint density at radius 2 is 1.65 bits per heavy atom. The molecule has 1 aliphatic carbocycles. The van der Waals surface area contributed by atoms with Gasteiger partial charge in [0.1, 0.15) is 11.7 Å². The summed E-state index contributed by atoms with van der Waals surface area (Å²) in [4.78, 5) is 3.66. The van der Waals surface area contributed by atoms with E-state index in [-0.39, 0.29) is 0 Å². The Bertz CT molecular complexity index is 1460. The summed E-state index contributed by atoms with van der Waals surface area (Å²) >= 11 is 3.74. The highest BCUT2D eigenvalue weighted by Gasteiger charge is 2.25. The SMILES string of the molecule is CN1C(=CC2=CC(=Cc3sc4ccccc4[n+]3C)CC(c3ccccc3)C2)Sc2ccccc21. The van der Waals surface area contributed by atoms with E-state index < -0.39 is 0 Å². The molecule has 0 bridgehead atoms. The number of benzene rings is 3. The van der Waals surface area contributed by atoms with E-state index in [4.69, 9.17) is 0 Å². The molecule has 1 aliphatic heterocycles. The molecule has 2 heterocycles. The van der Waals surface area contributed by atoms with E-state index in [0.717, 1.165) is 12.8 Å². The molecule has 0 radical (unpaired) electrons. The number of hydrogen-bond donors (Lipinski definition) is 0. The first kappa shape index (κ1) is 21.5. The van der Waals surface area contributed by atoms with Crippen molar-refractivity contribution in [1.29, 1.82) is 0 Å². The summed E-state index contributed by atoms with van der Waals surface area (Å²) in [5, 5.41) is 2.60. The molecular formula is C30H27N2S2+. The number of aryl methyl sites for hydroxylation is 1. The normalized spacial score (nSPS) is 20.2. The van der Waals surface area contributed by atoms with Gasteiger partial charge in [0.15, 0.2) is 0 Å². The Hall–Kier alpha value is -3.08. The molecule has 4 aromatic rings. The van der Waals surface area contributed by atoms with Gasteiger partial charge in [0, 0.05) is 24.1 Å². The van der Waals surface area contributed by atoms with Crippen LogP contribution in [0, 0.1) is 0 Å². The smallest absolute Gasteiger partial charge is 0.262 e. The molecule has 1 atom stereocenters. The minimum absolute atomic E-state index is 0.489. The maximum absolute atomic E-state index is 2.42. The highest BCUT2D eigenvalue weighted by atomic mass is 32.2. The lowest BCUT2D eigenvalue weighted by Gasteiger charge is -2.24. The largest absolute Gasteiger partial charge is 0.338 e. The number of para-hydroxylation sites is 2. The van der Waals surface area contributed by atoms with Crippen molar-refractivity contribution in [2.45, 2.75) is 23.7 Å². The molecule has 0 fully saturated rings. The second-order valence-electron chi connectivity index (χ2n) is 9.03. The third-order valence-corrected chi connectivity index (χ3v) is 9.10. The lowest BCUT2D eigenvalue weighted by molar-refractivity contribution is -0.642. The number of anilines is 1. The van der Waals surface area contributed by atoms with Gasteiger partial charge in [-0.25, -0.2) is 0 Å². The van der Waals surface area contributed by atoms with Crippen molar-refractivity contribution in [3.05, 3.63) is 118 Å². The van der Waals surface area contributed by atoms with Crippen molar-refractivity contribution in [3.63, 3.8) is 0 Å². The monoisotopic (exact) mass is 479 g/mol. The van der Waals surface area contributed by atoms with Crippen LogP contribution in [-0.4, -0.2) is 7.05 Å². The molecule has 0 saturated heterocycles. The number of allylic oxidation sites excluding steroid dienone is 4. The van der Waals surface area contributed by atoms with Crippen molar-refractivity contribution in [1.82, 2.24) is 0 Å². The minimum atomic E-state index is 0.489. The average Bonchev–Trinajstić information content (AvgIpc) is 3.36. The zero-order valence-corrected chi connectivity index (χ0v) is 21.1. The Labute approximate surface area is 209 Å². The van der Waals surface area contributed by atoms with E-state index in [2.05, 4.69) is 121 Å². The Kier molecular flexibility index (Phi) is 5.64. The maximum Gasteiger partial charge on any atom is 0.262 e. The third-order valence-electron chi connectivity index (χ3n) is 6.77. The summed E-state index contributed by atoms with van der Waals surface area (Å²) in [6.45, 7) is 0. The molecule has 34 heavy (non-hydrogen) atoms. The van der Waals surface area contributed by atoms with Crippen LogP contribution in [0.3, 0.4) is 0 Å². The van der Waals surface area contributed by atoms with Gasteiger partial charge in [-0.15, -0.1) is 0 Å². The molecule has 0 N–H and O–H groups in total. The zero-order chi connectivity index (χ0) is 23.1. The van der Waals surface area contributed by atoms with Gasteiger partial charge in [0.25, 0.3) is 5.01 Å². The van der Waals surface area contributed by atoms with Crippen molar-refractivity contribution >= 4 is 45.1 Å². The molecular weight excluding hydrogens is 452 g/mol. The summed E-state index contributed by atoms with van der Waals surface area (Å²) in [5.41, 5.74) is 6.81. The van der Waals surface area contributed by atoms with Crippen LogP contribution in [0.2, 0.25) is 0 Å². The first-order valence-corrected chi connectivity index (χ1v) is 13.3. The lowest BCUT2D eigenvalue weighted by atomic mass is 9.81. The fraction of sp³-hybridized carbons (Fsp3) is 0.167. The van der Waals surface area contributed by atoms with Crippen LogP contribution >= 0.6 is 23.1 Å². The standard InChI is InChI=1S/C30H27N2S2/c1-31-25-12-6-8-14-27(25)33-29(31)19-21-16-22(18-24(17-21)23-10-4-3-5-11-23)20-30-32(2)26-13-7-9-15-28(26)34-30/h3-16,19-20,24H,17-18H2,1-2H3/q+1. The van der Waals surface area contributed by atoms with Crippen molar-refractivity contribution < 1.29 is 4.57 Å². The Morgan fingerprint density at radius 1 is 0.882 bits per heavy atom. The molecule has 1 unspecified atom stereocenters. The van der Waals surface area contributed by atoms with Gasteiger partial charge in [-0.2, -0.15) is 4.57 Å². The lowest BCUT2D eigenvalue weighted by Crippen LogP contribution is -2.29. The summed E-state index contributed by atoms with van der Waals surface area (Å²) in [5.74, 6) is 0.489. The van der Waals surface area contributed by atoms with Crippen LogP contribution in [0.15, 0.2) is 112 Å². The van der Waals surface area contributed by atoms with E-state index in [9.17, 15) is 0 Å². The van der Waals surface area contributed by atoms with Crippen LogP contribution in [-0.2, 0) is 7.05 Å². The number of thioether (sulfide) groups is 1. The summed E-state index contributed by atoms with van der Waals surface area (Å²) in [6.07, 6.45) is 9.35. The highest BCUT2D eigenvalue weighted by Crippen LogP contribution is 2.46. The molecule has 168 valence electrons. The van der Waals surface area contributed by atoms with Crippen molar-refractivity contribution in [3.8, 4) is 0 Å². The summed E-state index contributed by atoms with van der Waals surface area (Å²) < 4.78 is 3.66. The molecule has 0 saturated carbocycles. The van der Waals surface area contributed by atoms with Gasteiger partial charge in [-0.3, -0.25) is 0 Å². The van der Waals surface area contributed by atoms with Crippen molar-refractivity contribution in [2.75, 3.05) is 11.9 Å². The van der Waals surface area contributed by atoms with Crippen LogP contribution in [0.5, 0.6) is 0 Å². The maximum atomic E-state index is 2.42. The first-order chi connectivity index (χ1) is 16.7. The van der Waals surface area contributed by atoms with Crippen LogP contribution in [0.4, 0.5) is 5.69 Å². The second-order valence-corrected chi connectivity index (χ2v) is 11.2. The van der Waals surface area contributed by atoms with Crippen LogP contribution in [0.1, 0.15) is 29.3 Å². The van der Waals surface area contributed by atoms with E-state index in [1.807, 2.05) is 23.1 Å². The minimum Gasteiger partial charge on any atom is -0.338 e. The average molecular weight is 480 g/mol. The van der Waals surface area contributed by atoms with Gasteiger partial charge in [-0.1, -0.05) is 83.8 Å². The van der Waals surface area contributed by atoms with Crippen LogP contribution < -0.4 is 9.47 Å². The zero-order valence-electron chi connectivity index (χ0n) is 19.4. The Balaban J connectivity index is 1.40. The number of fused-ring (bicyclic) bond motifs is 2. The quantitative estimate of drug-likeness (QED) is 0.278. The number of hydrogen-bond acceptors (Lipinski definition) is 3.